The highest BCUT2D eigenvalue weighted by Gasteiger charge is 2.17. The van der Waals surface area contributed by atoms with Crippen LogP contribution in [0.4, 0.5) is 5.95 Å². The number of nitrogens with one attached hydrogen (secondary N) is 2. The van der Waals surface area contributed by atoms with Gasteiger partial charge in [0.15, 0.2) is 0 Å². The zero-order chi connectivity index (χ0) is 17.4. The maximum absolute atomic E-state index is 12.8. The van der Waals surface area contributed by atoms with Crippen LogP contribution >= 0.6 is 22.9 Å². The fourth-order valence-electron chi connectivity index (χ4n) is 3.17. The lowest BCUT2D eigenvalue weighted by atomic mass is 10.0. The maximum Gasteiger partial charge on any atom is 0.261 e. The zero-order valence-corrected chi connectivity index (χ0v) is 15.5. The molecule has 0 bridgehead atoms. The van der Waals surface area contributed by atoms with E-state index in [1.165, 1.54) is 11.3 Å². The Morgan fingerprint density at radius 2 is 2.16 bits per heavy atom. The highest BCUT2D eigenvalue weighted by molar-refractivity contribution is 7.17. The Kier molecular flexibility index (Phi) is 4.50. The van der Waals surface area contributed by atoms with Crippen LogP contribution < -0.4 is 15.8 Å². The number of hydrogen-bond acceptors (Lipinski definition) is 5. The summed E-state index contributed by atoms with van der Waals surface area (Å²) in [5, 5.41) is 6.75. The predicted molar refractivity (Wildman–Crippen MR) is 105 cm³/mol. The lowest BCUT2D eigenvalue weighted by molar-refractivity contribution is 0.724. The molecule has 130 valence electrons. The third-order valence-electron chi connectivity index (χ3n) is 4.54. The second-order valence-corrected chi connectivity index (χ2v) is 7.54. The molecule has 0 aliphatic carbocycles. The van der Waals surface area contributed by atoms with E-state index >= 15 is 0 Å². The number of aromatic nitrogens is 2. The van der Waals surface area contributed by atoms with Crippen molar-refractivity contribution in [2.24, 2.45) is 0 Å². The molecule has 0 radical (unpaired) electrons. The lowest BCUT2D eigenvalue weighted by Gasteiger charge is -2.20. The molecule has 0 atom stereocenters. The molecular formula is C18H19ClN4OS. The van der Waals surface area contributed by atoms with Gasteiger partial charge in [0.25, 0.3) is 5.56 Å². The van der Waals surface area contributed by atoms with Gasteiger partial charge in [-0.2, -0.15) is 0 Å². The minimum Gasteiger partial charge on any atom is -0.341 e. The van der Waals surface area contributed by atoms with Gasteiger partial charge >= 0.3 is 0 Å². The Labute approximate surface area is 154 Å². The Morgan fingerprint density at radius 3 is 3.00 bits per heavy atom. The first-order chi connectivity index (χ1) is 12.1. The molecule has 1 aliphatic rings. The van der Waals surface area contributed by atoms with E-state index in [-0.39, 0.29) is 5.56 Å². The fourth-order valence-corrected chi connectivity index (χ4v) is 4.23. The van der Waals surface area contributed by atoms with Gasteiger partial charge in [-0.25, -0.2) is 4.98 Å². The molecule has 3 aromatic rings. The van der Waals surface area contributed by atoms with Gasteiger partial charge in [-0.05, 0) is 43.1 Å². The van der Waals surface area contributed by atoms with Crippen molar-refractivity contribution in [3.8, 4) is 11.1 Å². The maximum atomic E-state index is 12.8. The van der Waals surface area contributed by atoms with Crippen LogP contribution in [-0.2, 0) is 0 Å². The number of benzene rings is 1. The summed E-state index contributed by atoms with van der Waals surface area (Å²) < 4.78 is 0. The number of aromatic amines is 1. The SMILES string of the molecule is Cc1cc(-c2csc3nc(N4CCCNCC4)[nH]c(=O)c23)ccc1Cl. The van der Waals surface area contributed by atoms with Gasteiger partial charge in [-0.3, -0.25) is 9.78 Å². The van der Waals surface area contributed by atoms with Crippen LogP contribution in [-0.4, -0.2) is 36.1 Å². The van der Waals surface area contributed by atoms with Crippen molar-refractivity contribution in [3.05, 3.63) is 44.5 Å². The smallest absolute Gasteiger partial charge is 0.261 e. The third kappa shape index (κ3) is 3.17. The summed E-state index contributed by atoms with van der Waals surface area (Å²) in [7, 11) is 0. The molecule has 4 rings (SSSR count). The van der Waals surface area contributed by atoms with Gasteiger partial charge in [0.2, 0.25) is 5.95 Å². The van der Waals surface area contributed by atoms with Crippen LogP contribution in [0.3, 0.4) is 0 Å². The number of rotatable bonds is 2. The first-order valence-corrected chi connectivity index (χ1v) is 9.63. The number of fused-ring (bicyclic) bond motifs is 1. The topological polar surface area (TPSA) is 61.0 Å². The van der Waals surface area contributed by atoms with Crippen LogP contribution in [0.15, 0.2) is 28.4 Å². The van der Waals surface area contributed by atoms with Gasteiger partial charge < -0.3 is 10.2 Å². The van der Waals surface area contributed by atoms with Crippen molar-refractivity contribution in [2.45, 2.75) is 13.3 Å². The van der Waals surface area contributed by atoms with Crippen molar-refractivity contribution in [1.82, 2.24) is 15.3 Å². The first-order valence-electron chi connectivity index (χ1n) is 8.37. The largest absolute Gasteiger partial charge is 0.341 e. The normalized spacial score (nSPS) is 15.5. The van der Waals surface area contributed by atoms with E-state index in [2.05, 4.69) is 15.2 Å². The van der Waals surface area contributed by atoms with Crippen molar-refractivity contribution < 1.29 is 0 Å². The summed E-state index contributed by atoms with van der Waals surface area (Å²) in [4.78, 5) is 23.4. The number of nitrogens with zero attached hydrogens (tertiary/aromatic N) is 2. The fraction of sp³-hybridized carbons (Fsp3) is 0.333. The monoisotopic (exact) mass is 374 g/mol. The van der Waals surface area contributed by atoms with Gasteiger partial charge in [0, 0.05) is 35.6 Å². The lowest BCUT2D eigenvalue weighted by Crippen LogP contribution is -2.31. The Balaban J connectivity index is 1.79. The molecule has 2 N–H and O–H groups in total. The number of halogens is 1. The summed E-state index contributed by atoms with van der Waals surface area (Å²) in [5.74, 6) is 0.668. The Bertz CT molecular complexity index is 973. The molecule has 1 aliphatic heterocycles. The zero-order valence-electron chi connectivity index (χ0n) is 13.9. The van der Waals surface area contributed by atoms with E-state index in [4.69, 9.17) is 16.6 Å². The summed E-state index contributed by atoms with van der Waals surface area (Å²) in [6, 6.07) is 5.83. The number of hydrogen-bond donors (Lipinski definition) is 2. The van der Waals surface area contributed by atoms with E-state index in [1.807, 2.05) is 30.5 Å². The number of thiophene rings is 1. The van der Waals surface area contributed by atoms with Gasteiger partial charge in [0.1, 0.15) is 4.83 Å². The first kappa shape index (κ1) is 16.6. The van der Waals surface area contributed by atoms with Crippen molar-refractivity contribution in [3.63, 3.8) is 0 Å². The molecule has 5 nitrogen and oxygen atoms in total. The number of anilines is 1. The van der Waals surface area contributed by atoms with Crippen molar-refractivity contribution >= 4 is 39.1 Å². The molecule has 7 heteroatoms. The third-order valence-corrected chi connectivity index (χ3v) is 5.84. The quantitative estimate of drug-likeness (QED) is 0.721. The molecule has 0 unspecified atom stereocenters. The molecule has 1 fully saturated rings. The molecule has 1 aromatic carbocycles. The van der Waals surface area contributed by atoms with Crippen molar-refractivity contribution in [1.29, 1.82) is 0 Å². The van der Waals surface area contributed by atoms with Crippen LogP contribution in [0.1, 0.15) is 12.0 Å². The molecule has 2 aromatic heterocycles. The average Bonchev–Trinajstić information content (AvgIpc) is 2.85. The number of H-pyrrole nitrogens is 1. The minimum atomic E-state index is -0.0824. The molecule has 0 amide bonds. The van der Waals surface area contributed by atoms with Crippen LogP contribution in [0.25, 0.3) is 21.3 Å². The minimum absolute atomic E-state index is 0.0824. The van der Waals surface area contributed by atoms with Crippen LogP contribution in [0.2, 0.25) is 5.02 Å². The highest BCUT2D eigenvalue weighted by Crippen LogP contribution is 2.33. The molecule has 3 heterocycles. The second kappa shape index (κ2) is 6.78. The Hall–Kier alpha value is -1.89. The molecule has 0 spiro atoms. The summed E-state index contributed by atoms with van der Waals surface area (Å²) >= 11 is 7.63. The molecular weight excluding hydrogens is 356 g/mol. The van der Waals surface area contributed by atoms with Crippen molar-refractivity contribution in [2.75, 3.05) is 31.1 Å². The number of aryl methyl sites for hydroxylation is 1. The molecule has 25 heavy (non-hydrogen) atoms. The molecule has 1 saturated heterocycles. The van der Waals surface area contributed by atoms with E-state index in [1.54, 1.807) is 0 Å². The van der Waals surface area contributed by atoms with Gasteiger partial charge in [-0.1, -0.05) is 17.7 Å². The Morgan fingerprint density at radius 1 is 1.28 bits per heavy atom. The van der Waals surface area contributed by atoms with E-state index < -0.39 is 0 Å². The second-order valence-electron chi connectivity index (χ2n) is 6.27. The highest BCUT2D eigenvalue weighted by atomic mass is 35.5. The van der Waals surface area contributed by atoms with Gasteiger partial charge in [-0.15, -0.1) is 11.3 Å². The standard InChI is InChI=1S/C18H19ClN4OS/c1-11-9-12(3-4-14(11)19)13-10-25-17-15(13)16(24)21-18(22-17)23-7-2-5-20-6-8-23/h3-4,9-10,20H,2,5-8H2,1H3,(H,21,22,24). The molecule has 0 saturated carbocycles. The van der Waals surface area contributed by atoms with E-state index in [9.17, 15) is 4.79 Å². The van der Waals surface area contributed by atoms with E-state index in [0.29, 0.717) is 11.3 Å². The van der Waals surface area contributed by atoms with Crippen LogP contribution in [0, 0.1) is 6.92 Å². The van der Waals surface area contributed by atoms with Gasteiger partial charge in [0.05, 0.1) is 5.39 Å². The van der Waals surface area contributed by atoms with E-state index in [0.717, 1.165) is 59.1 Å². The predicted octanol–water partition coefficient (Wildman–Crippen LogP) is 3.41. The summed E-state index contributed by atoms with van der Waals surface area (Å²) in [6.07, 6.45) is 1.04. The van der Waals surface area contributed by atoms with Crippen LogP contribution in [0.5, 0.6) is 0 Å². The summed E-state index contributed by atoms with van der Waals surface area (Å²) in [6.45, 7) is 5.62. The average molecular weight is 375 g/mol. The summed E-state index contributed by atoms with van der Waals surface area (Å²) in [5.41, 5.74) is 2.82.